The maximum absolute atomic E-state index is 5.78. The van der Waals surface area contributed by atoms with Crippen LogP contribution in [0.4, 0.5) is 5.69 Å². The molecule has 4 heteroatoms. The van der Waals surface area contributed by atoms with Crippen LogP contribution in [0.25, 0.3) is 0 Å². The zero-order valence-electron chi connectivity index (χ0n) is 11.3. The van der Waals surface area contributed by atoms with Crippen molar-refractivity contribution >= 4 is 5.69 Å². The molecule has 1 aromatic heterocycles. The summed E-state index contributed by atoms with van der Waals surface area (Å²) in [6, 6.07) is 4.04. The van der Waals surface area contributed by atoms with E-state index in [4.69, 9.17) is 10.5 Å². The molecule has 1 saturated carbocycles. The van der Waals surface area contributed by atoms with Crippen molar-refractivity contribution in [1.29, 1.82) is 0 Å². The fourth-order valence-corrected chi connectivity index (χ4v) is 1.76. The van der Waals surface area contributed by atoms with Crippen LogP contribution >= 0.6 is 0 Å². The van der Waals surface area contributed by atoms with Crippen LogP contribution in [0.1, 0.15) is 31.5 Å². The Morgan fingerprint density at radius 3 is 2.83 bits per heavy atom. The Hall–Kier alpha value is -1.13. The molecule has 0 amide bonds. The molecule has 2 rings (SSSR count). The van der Waals surface area contributed by atoms with Crippen LogP contribution < -0.4 is 10.6 Å². The summed E-state index contributed by atoms with van der Waals surface area (Å²) in [5, 5.41) is 0. The summed E-state index contributed by atoms with van der Waals surface area (Å²) in [7, 11) is 2.06. The molecule has 0 aliphatic heterocycles. The first-order chi connectivity index (χ1) is 8.66. The van der Waals surface area contributed by atoms with Crippen molar-refractivity contribution < 1.29 is 4.74 Å². The van der Waals surface area contributed by atoms with Crippen LogP contribution in [0.3, 0.4) is 0 Å². The Kier molecular flexibility index (Phi) is 4.55. The summed E-state index contributed by atoms with van der Waals surface area (Å²) in [6.45, 7) is 4.54. The second-order valence-corrected chi connectivity index (χ2v) is 5.17. The Morgan fingerprint density at radius 2 is 2.28 bits per heavy atom. The molecule has 0 saturated heterocycles. The van der Waals surface area contributed by atoms with Gasteiger partial charge in [0.1, 0.15) is 0 Å². The predicted octanol–water partition coefficient (Wildman–Crippen LogP) is 1.96. The summed E-state index contributed by atoms with van der Waals surface area (Å²) < 4.78 is 5.63. The summed E-state index contributed by atoms with van der Waals surface area (Å²) in [5.41, 5.74) is 7.81. The number of aromatic nitrogens is 1. The summed E-state index contributed by atoms with van der Waals surface area (Å²) in [6.07, 6.45) is 4.57. The third-order valence-corrected chi connectivity index (χ3v) is 3.30. The lowest BCUT2D eigenvalue weighted by molar-refractivity contribution is 0.131. The van der Waals surface area contributed by atoms with Gasteiger partial charge in [-0.1, -0.05) is 0 Å². The first kappa shape index (κ1) is 13.3. The molecule has 1 aliphatic carbocycles. The zero-order valence-corrected chi connectivity index (χ0v) is 11.3. The van der Waals surface area contributed by atoms with Crippen molar-refractivity contribution in [2.45, 2.75) is 25.8 Å². The molecule has 0 radical (unpaired) electrons. The van der Waals surface area contributed by atoms with Gasteiger partial charge in [-0.2, -0.15) is 0 Å². The number of anilines is 1. The lowest BCUT2D eigenvalue weighted by Gasteiger charge is -2.19. The van der Waals surface area contributed by atoms with Crippen molar-refractivity contribution in [3.05, 3.63) is 24.0 Å². The van der Waals surface area contributed by atoms with Crippen LogP contribution in [-0.4, -0.2) is 31.8 Å². The first-order valence-corrected chi connectivity index (χ1v) is 6.67. The standard InChI is InChI=1S/C14H23N3O/c1-11(15)14-6-5-13(9-16-14)17(2)7-8-18-10-12-3-4-12/h5-6,9,11-12H,3-4,7-8,10,15H2,1-2H3/t11-/m1/s1. The van der Waals surface area contributed by atoms with E-state index in [1.54, 1.807) is 0 Å². The van der Waals surface area contributed by atoms with Crippen LogP contribution in [0.5, 0.6) is 0 Å². The number of nitrogens with zero attached hydrogens (tertiary/aromatic N) is 2. The van der Waals surface area contributed by atoms with Crippen molar-refractivity contribution in [2.24, 2.45) is 11.7 Å². The fourth-order valence-electron chi connectivity index (χ4n) is 1.76. The molecule has 1 aliphatic rings. The van der Waals surface area contributed by atoms with Crippen LogP contribution in [0.2, 0.25) is 0 Å². The quantitative estimate of drug-likeness (QED) is 0.751. The second-order valence-electron chi connectivity index (χ2n) is 5.17. The maximum atomic E-state index is 5.78. The molecule has 1 atom stereocenters. The topological polar surface area (TPSA) is 51.4 Å². The minimum absolute atomic E-state index is 0.00812. The van der Waals surface area contributed by atoms with Crippen molar-refractivity contribution in [1.82, 2.24) is 4.98 Å². The lowest BCUT2D eigenvalue weighted by Crippen LogP contribution is -2.23. The van der Waals surface area contributed by atoms with Gasteiger partial charge < -0.3 is 15.4 Å². The van der Waals surface area contributed by atoms with Gasteiger partial charge in [0.15, 0.2) is 0 Å². The Labute approximate surface area is 109 Å². The van der Waals surface area contributed by atoms with Gasteiger partial charge >= 0.3 is 0 Å². The van der Waals surface area contributed by atoms with E-state index in [9.17, 15) is 0 Å². The Balaban J connectivity index is 1.74. The molecule has 0 aromatic carbocycles. The molecule has 1 heterocycles. The number of hydrogen-bond donors (Lipinski definition) is 1. The summed E-state index contributed by atoms with van der Waals surface area (Å²) in [4.78, 5) is 6.52. The monoisotopic (exact) mass is 249 g/mol. The van der Waals surface area contributed by atoms with Gasteiger partial charge in [-0.05, 0) is 37.8 Å². The highest BCUT2D eigenvalue weighted by molar-refractivity contribution is 5.43. The van der Waals surface area contributed by atoms with Gasteiger partial charge in [-0.3, -0.25) is 4.98 Å². The van der Waals surface area contributed by atoms with E-state index in [1.807, 2.05) is 19.2 Å². The third kappa shape index (κ3) is 3.96. The van der Waals surface area contributed by atoms with Crippen LogP contribution in [-0.2, 0) is 4.74 Å². The molecule has 0 spiro atoms. The second kappa shape index (κ2) is 6.16. The molecule has 4 nitrogen and oxygen atoms in total. The highest BCUT2D eigenvalue weighted by atomic mass is 16.5. The van der Waals surface area contributed by atoms with Crippen LogP contribution in [0, 0.1) is 5.92 Å². The number of nitrogens with two attached hydrogens (primary N) is 1. The normalized spacial score (nSPS) is 16.6. The molecule has 0 unspecified atom stereocenters. The number of pyridine rings is 1. The highest BCUT2D eigenvalue weighted by Crippen LogP contribution is 2.28. The lowest BCUT2D eigenvalue weighted by atomic mass is 10.2. The van der Waals surface area contributed by atoms with Gasteiger partial charge in [0, 0.05) is 26.2 Å². The number of likely N-dealkylation sites (N-methyl/N-ethyl adjacent to an activating group) is 1. The van der Waals surface area contributed by atoms with E-state index in [0.29, 0.717) is 0 Å². The van der Waals surface area contributed by atoms with Gasteiger partial charge in [0.05, 0.1) is 24.2 Å². The summed E-state index contributed by atoms with van der Waals surface area (Å²) >= 11 is 0. The number of rotatable bonds is 7. The van der Waals surface area contributed by atoms with Crippen molar-refractivity contribution in [2.75, 3.05) is 31.7 Å². The van der Waals surface area contributed by atoms with E-state index in [2.05, 4.69) is 23.0 Å². The minimum atomic E-state index is -0.00812. The smallest absolute Gasteiger partial charge is 0.0641 e. The number of hydrogen-bond acceptors (Lipinski definition) is 4. The van der Waals surface area contributed by atoms with E-state index < -0.39 is 0 Å². The number of ether oxygens (including phenoxy) is 1. The first-order valence-electron chi connectivity index (χ1n) is 6.67. The maximum Gasteiger partial charge on any atom is 0.0641 e. The predicted molar refractivity (Wildman–Crippen MR) is 73.7 cm³/mol. The molecular formula is C14H23N3O. The van der Waals surface area contributed by atoms with Gasteiger partial charge in [-0.25, -0.2) is 0 Å². The highest BCUT2D eigenvalue weighted by Gasteiger charge is 2.20. The average Bonchev–Trinajstić information content (AvgIpc) is 3.18. The largest absolute Gasteiger partial charge is 0.379 e. The van der Waals surface area contributed by atoms with E-state index >= 15 is 0 Å². The van der Waals surface area contributed by atoms with Crippen molar-refractivity contribution in [3.63, 3.8) is 0 Å². The van der Waals surface area contributed by atoms with E-state index in [-0.39, 0.29) is 6.04 Å². The molecule has 1 aromatic rings. The molecule has 100 valence electrons. The van der Waals surface area contributed by atoms with Gasteiger partial charge in [0.25, 0.3) is 0 Å². The SMILES string of the molecule is C[C@@H](N)c1ccc(N(C)CCOCC2CC2)cn1. The molecule has 1 fully saturated rings. The van der Waals surface area contributed by atoms with E-state index in [1.165, 1.54) is 12.8 Å². The van der Waals surface area contributed by atoms with Crippen LogP contribution in [0.15, 0.2) is 18.3 Å². The molecule has 2 N–H and O–H groups in total. The Morgan fingerprint density at radius 1 is 1.50 bits per heavy atom. The average molecular weight is 249 g/mol. The van der Waals surface area contributed by atoms with Gasteiger partial charge in [-0.15, -0.1) is 0 Å². The molecular weight excluding hydrogens is 226 g/mol. The fraction of sp³-hybridized carbons (Fsp3) is 0.643. The minimum Gasteiger partial charge on any atom is -0.379 e. The van der Waals surface area contributed by atoms with Crippen molar-refractivity contribution in [3.8, 4) is 0 Å². The van der Waals surface area contributed by atoms with E-state index in [0.717, 1.165) is 37.1 Å². The Bertz CT molecular complexity index is 360. The summed E-state index contributed by atoms with van der Waals surface area (Å²) in [5.74, 6) is 0.835. The van der Waals surface area contributed by atoms with Gasteiger partial charge in [0.2, 0.25) is 0 Å². The molecule has 18 heavy (non-hydrogen) atoms. The zero-order chi connectivity index (χ0) is 13.0. The third-order valence-electron chi connectivity index (χ3n) is 3.30. The molecule has 0 bridgehead atoms.